The Kier molecular flexibility index (Phi) is 3.57. The third-order valence-corrected chi connectivity index (χ3v) is 3.49. The fraction of sp³-hybridized carbons (Fsp3) is 0.118. The number of anilines is 1. The fourth-order valence-electron chi connectivity index (χ4n) is 2.28. The van der Waals surface area contributed by atoms with Gasteiger partial charge in [0.25, 0.3) is 11.5 Å². The zero-order valence-electron chi connectivity index (χ0n) is 12.7. The van der Waals surface area contributed by atoms with Gasteiger partial charge in [-0.3, -0.25) is 14.0 Å². The van der Waals surface area contributed by atoms with Crippen molar-refractivity contribution < 1.29 is 9.90 Å². The Morgan fingerprint density at radius 3 is 2.70 bits per heavy atom. The van der Waals surface area contributed by atoms with Crippen molar-refractivity contribution >= 4 is 17.2 Å². The number of phenols is 1. The van der Waals surface area contributed by atoms with Crippen LogP contribution in [0.1, 0.15) is 21.5 Å². The molecule has 0 radical (unpaired) electrons. The maximum atomic E-state index is 12.5. The standard InChI is InChI=1S/C17H15N3O3/c1-10-3-5-14(21)13(7-10)19-16(22)12-8-18-15-6-4-11(2)9-20(15)17(12)23/h3-9,21H,1-2H3,(H,19,22). The van der Waals surface area contributed by atoms with E-state index in [4.69, 9.17) is 0 Å². The normalized spacial score (nSPS) is 10.7. The number of aromatic hydroxyl groups is 1. The highest BCUT2D eigenvalue weighted by Gasteiger charge is 2.15. The van der Waals surface area contributed by atoms with E-state index in [1.165, 1.54) is 16.7 Å². The van der Waals surface area contributed by atoms with Crippen molar-refractivity contribution in [3.05, 3.63) is 69.8 Å². The van der Waals surface area contributed by atoms with Crippen LogP contribution in [0.15, 0.2) is 47.5 Å². The second-order valence-electron chi connectivity index (χ2n) is 5.39. The predicted octanol–water partition coefficient (Wildman–Crippen LogP) is 2.27. The molecule has 6 heteroatoms. The van der Waals surface area contributed by atoms with Crippen LogP contribution in [0.4, 0.5) is 5.69 Å². The highest BCUT2D eigenvalue weighted by Crippen LogP contribution is 2.24. The number of hydrogen-bond acceptors (Lipinski definition) is 4. The number of aromatic nitrogens is 2. The van der Waals surface area contributed by atoms with Gasteiger partial charge in [0.2, 0.25) is 0 Å². The largest absolute Gasteiger partial charge is 0.506 e. The molecule has 2 aromatic heterocycles. The number of hydrogen-bond donors (Lipinski definition) is 2. The summed E-state index contributed by atoms with van der Waals surface area (Å²) in [6, 6.07) is 8.39. The third-order valence-electron chi connectivity index (χ3n) is 3.49. The highest BCUT2D eigenvalue weighted by atomic mass is 16.3. The van der Waals surface area contributed by atoms with E-state index in [2.05, 4.69) is 10.3 Å². The Hall–Kier alpha value is -3.15. The van der Waals surface area contributed by atoms with E-state index < -0.39 is 11.5 Å². The Bertz CT molecular complexity index is 976. The number of aryl methyl sites for hydroxylation is 2. The molecule has 6 nitrogen and oxygen atoms in total. The molecule has 3 rings (SSSR count). The molecular weight excluding hydrogens is 294 g/mol. The lowest BCUT2D eigenvalue weighted by Crippen LogP contribution is -2.26. The van der Waals surface area contributed by atoms with Crippen molar-refractivity contribution in [2.45, 2.75) is 13.8 Å². The van der Waals surface area contributed by atoms with Crippen molar-refractivity contribution in [3.63, 3.8) is 0 Å². The molecule has 0 saturated heterocycles. The summed E-state index contributed by atoms with van der Waals surface area (Å²) in [6.45, 7) is 3.69. The lowest BCUT2D eigenvalue weighted by Gasteiger charge is -2.09. The Morgan fingerprint density at radius 2 is 1.91 bits per heavy atom. The average molecular weight is 309 g/mol. The molecule has 2 heterocycles. The summed E-state index contributed by atoms with van der Waals surface area (Å²) < 4.78 is 1.33. The van der Waals surface area contributed by atoms with Gasteiger partial charge in [-0.05, 0) is 43.2 Å². The van der Waals surface area contributed by atoms with Gasteiger partial charge in [0.15, 0.2) is 0 Å². The molecule has 0 fully saturated rings. The van der Waals surface area contributed by atoms with Gasteiger partial charge < -0.3 is 10.4 Å². The van der Waals surface area contributed by atoms with Gasteiger partial charge in [0.1, 0.15) is 17.0 Å². The van der Waals surface area contributed by atoms with Gasteiger partial charge in [-0.25, -0.2) is 4.98 Å². The number of amides is 1. The topological polar surface area (TPSA) is 83.7 Å². The maximum absolute atomic E-state index is 12.5. The Labute approximate surface area is 132 Å². The summed E-state index contributed by atoms with van der Waals surface area (Å²) in [5.74, 6) is -0.673. The molecule has 0 saturated carbocycles. The van der Waals surface area contributed by atoms with E-state index in [-0.39, 0.29) is 17.0 Å². The first-order chi connectivity index (χ1) is 11.0. The van der Waals surface area contributed by atoms with Crippen LogP contribution in [-0.2, 0) is 0 Å². The smallest absolute Gasteiger partial charge is 0.270 e. The lowest BCUT2D eigenvalue weighted by molar-refractivity contribution is 0.102. The number of pyridine rings is 1. The van der Waals surface area contributed by atoms with E-state index in [1.807, 2.05) is 19.9 Å². The number of nitrogens with zero attached hydrogens (tertiary/aromatic N) is 2. The van der Waals surface area contributed by atoms with Crippen molar-refractivity contribution in [2.75, 3.05) is 5.32 Å². The number of benzene rings is 1. The van der Waals surface area contributed by atoms with Gasteiger partial charge in [0.05, 0.1) is 5.69 Å². The molecule has 23 heavy (non-hydrogen) atoms. The molecule has 1 aromatic carbocycles. The molecule has 0 spiro atoms. The maximum Gasteiger partial charge on any atom is 0.270 e. The van der Waals surface area contributed by atoms with Gasteiger partial charge >= 0.3 is 0 Å². The first-order valence-electron chi connectivity index (χ1n) is 7.05. The van der Waals surface area contributed by atoms with Crippen LogP contribution < -0.4 is 10.9 Å². The van der Waals surface area contributed by atoms with Gasteiger partial charge in [-0.1, -0.05) is 12.1 Å². The number of carbonyl (C=O) groups excluding carboxylic acids is 1. The molecule has 0 aliphatic rings. The van der Waals surface area contributed by atoms with Crippen LogP contribution in [-0.4, -0.2) is 20.4 Å². The molecule has 0 aliphatic carbocycles. The molecule has 1 amide bonds. The summed E-state index contributed by atoms with van der Waals surface area (Å²) in [5, 5.41) is 12.3. The van der Waals surface area contributed by atoms with Crippen LogP contribution in [0.2, 0.25) is 0 Å². The van der Waals surface area contributed by atoms with E-state index in [0.717, 1.165) is 11.1 Å². The number of carbonyl (C=O) groups is 1. The second-order valence-corrected chi connectivity index (χ2v) is 5.39. The molecule has 3 aromatic rings. The van der Waals surface area contributed by atoms with Crippen molar-refractivity contribution in [1.82, 2.24) is 9.38 Å². The van der Waals surface area contributed by atoms with E-state index in [1.54, 1.807) is 24.4 Å². The van der Waals surface area contributed by atoms with Crippen LogP contribution >= 0.6 is 0 Å². The number of rotatable bonds is 2. The molecule has 116 valence electrons. The van der Waals surface area contributed by atoms with Gasteiger partial charge in [-0.15, -0.1) is 0 Å². The number of phenolic OH excluding ortho intramolecular Hbond substituents is 1. The van der Waals surface area contributed by atoms with Crippen LogP contribution in [0.5, 0.6) is 5.75 Å². The lowest BCUT2D eigenvalue weighted by atomic mass is 10.2. The summed E-state index contributed by atoms with van der Waals surface area (Å²) in [5.41, 5.74) is 1.94. The van der Waals surface area contributed by atoms with Crippen molar-refractivity contribution in [2.24, 2.45) is 0 Å². The Balaban J connectivity index is 2.03. The minimum Gasteiger partial charge on any atom is -0.506 e. The summed E-state index contributed by atoms with van der Waals surface area (Å²) in [6.07, 6.45) is 2.88. The van der Waals surface area contributed by atoms with Crippen LogP contribution in [0.25, 0.3) is 5.65 Å². The monoisotopic (exact) mass is 309 g/mol. The Morgan fingerprint density at radius 1 is 1.17 bits per heavy atom. The second kappa shape index (κ2) is 5.57. The van der Waals surface area contributed by atoms with E-state index in [9.17, 15) is 14.7 Å². The van der Waals surface area contributed by atoms with Crippen molar-refractivity contribution in [3.8, 4) is 5.75 Å². The number of nitrogens with one attached hydrogen (secondary N) is 1. The summed E-state index contributed by atoms with van der Waals surface area (Å²) in [7, 11) is 0. The quantitative estimate of drug-likeness (QED) is 0.711. The predicted molar refractivity (Wildman–Crippen MR) is 87.0 cm³/mol. The molecule has 2 N–H and O–H groups in total. The molecule has 0 bridgehead atoms. The molecule has 0 unspecified atom stereocenters. The first kappa shape index (κ1) is 14.8. The average Bonchev–Trinajstić information content (AvgIpc) is 2.51. The van der Waals surface area contributed by atoms with E-state index >= 15 is 0 Å². The van der Waals surface area contributed by atoms with Crippen LogP contribution in [0.3, 0.4) is 0 Å². The summed E-state index contributed by atoms with van der Waals surface area (Å²) in [4.78, 5) is 28.9. The number of fused-ring (bicyclic) bond motifs is 1. The van der Waals surface area contributed by atoms with E-state index in [0.29, 0.717) is 5.65 Å². The third kappa shape index (κ3) is 2.78. The van der Waals surface area contributed by atoms with Gasteiger partial charge in [0, 0.05) is 12.4 Å². The minimum absolute atomic E-state index is 0.0614. The van der Waals surface area contributed by atoms with Crippen LogP contribution in [0, 0.1) is 13.8 Å². The fourth-order valence-corrected chi connectivity index (χ4v) is 2.28. The highest BCUT2D eigenvalue weighted by molar-refractivity contribution is 6.04. The summed E-state index contributed by atoms with van der Waals surface area (Å²) >= 11 is 0. The zero-order chi connectivity index (χ0) is 16.6. The minimum atomic E-state index is -0.612. The molecule has 0 atom stereocenters. The molecule has 0 aliphatic heterocycles. The van der Waals surface area contributed by atoms with Crippen molar-refractivity contribution in [1.29, 1.82) is 0 Å². The molecular formula is C17H15N3O3. The SMILES string of the molecule is Cc1ccc(O)c(NC(=O)c2cnc3ccc(C)cn3c2=O)c1. The first-order valence-corrected chi connectivity index (χ1v) is 7.05. The zero-order valence-corrected chi connectivity index (χ0v) is 12.7. The van der Waals surface area contributed by atoms with Gasteiger partial charge in [-0.2, -0.15) is 0 Å².